The maximum atomic E-state index is 4.36. The van der Waals surface area contributed by atoms with Crippen molar-refractivity contribution in [3.8, 4) is 0 Å². The highest BCUT2D eigenvalue weighted by molar-refractivity contribution is 7.99. The topological polar surface area (TPSA) is 30.2 Å². The van der Waals surface area contributed by atoms with E-state index in [4.69, 9.17) is 0 Å². The number of aromatic nitrogens is 3. The van der Waals surface area contributed by atoms with Gasteiger partial charge in [-0.3, -0.25) is 0 Å². The first-order valence-electron chi connectivity index (χ1n) is 4.91. The van der Waals surface area contributed by atoms with Crippen molar-refractivity contribution in [2.24, 2.45) is 0 Å². The summed E-state index contributed by atoms with van der Waals surface area (Å²) in [5.74, 6) is 0.814. The molecule has 0 unspecified atom stereocenters. The Labute approximate surface area is 93.9 Å². The number of pyridine rings is 1. The maximum absolute atomic E-state index is 4.36. The molecule has 2 heterocycles. The van der Waals surface area contributed by atoms with Gasteiger partial charge >= 0.3 is 0 Å². The van der Waals surface area contributed by atoms with E-state index in [0.29, 0.717) is 0 Å². The third-order valence-electron chi connectivity index (χ3n) is 2.65. The van der Waals surface area contributed by atoms with Crippen molar-refractivity contribution in [2.75, 3.05) is 6.26 Å². The average Bonchev–Trinajstić information content (AvgIpc) is 2.56. The van der Waals surface area contributed by atoms with E-state index in [1.807, 2.05) is 29.4 Å². The van der Waals surface area contributed by atoms with E-state index >= 15 is 0 Å². The van der Waals surface area contributed by atoms with Gasteiger partial charge in [0.2, 0.25) is 0 Å². The number of hydrogen-bond donors (Lipinski definition) is 0. The van der Waals surface area contributed by atoms with Gasteiger partial charge in [0.25, 0.3) is 0 Å². The van der Waals surface area contributed by atoms with Crippen molar-refractivity contribution >= 4 is 17.4 Å². The predicted molar refractivity (Wildman–Crippen MR) is 64.3 cm³/mol. The minimum atomic E-state index is 0.127. The molecule has 80 valence electrons. The lowest BCUT2D eigenvalue weighted by Crippen LogP contribution is -2.11. The van der Waals surface area contributed by atoms with Crippen molar-refractivity contribution in [3.63, 3.8) is 0 Å². The number of hydrogen-bond acceptors (Lipinski definition) is 3. The molecule has 15 heavy (non-hydrogen) atoms. The van der Waals surface area contributed by atoms with Gasteiger partial charge in [0.15, 0.2) is 5.65 Å². The summed E-state index contributed by atoms with van der Waals surface area (Å²) in [5, 5.41) is 4.26. The standard InChI is InChI=1S/C11H15N3S/c1-8-12-10-7-9(11(2,3)15-4)5-6-14(10)13-8/h5-7H,1-4H3. The van der Waals surface area contributed by atoms with Gasteiger partial charge in [-0.1, -0.05) is 0 Å². The van der Waals surface area contributed by atoms with Gasteiger partial charge in [-0.15, -0.1) is 0 Å². The van der Waals surface area contributed by atoms with E-state index in [1.54, 1.807) is 0 Å². The quantitative estimate of drug-likeness (QED) is 0.781. The molecule has 2 rings (SSSR count). The van der Waals surface area contributed by atoms with Crippen molar-refractivity contribution in [2.45, 2.75) is 25.5 Å². The van der Waals surface area contributed by atoms with Gasteiger partial charge in [0.05, 0.1) is 0 Å². The number of nitrogens with zero attached hydrogens (tertiary/aromatic N) is 3. The molecule has 2 aromatic heterocycles. The smallest absolute Gasteiger partial charge is 0.155 e. The molecule has 0 aliphatic carbocycles. The summed E-state index contributed by atoms with van der Waals surface area (Å²) in [6, 6.07) is 4.22. The van der Waals surface area contributed by atoms with E-state index in [2.05, 4.69) is 42.3 Å². The SMILES string of the molecule is CSC(C)(C)c1ccn2nc(C)nc2c1. The molecular weight excluding hydrogens is 206 g/mol. The molecule has 0 aliphatic rings. The first kappa shape index (κ1) is 10.5. The van der Waals surface area contributed by atoms with Crippen LogP contribution in [0.2, 0.25) is 0 Å². The van der Waals surface area contributed by atoms with Crippen molar-refractivity contribution in [1.29, 1.82) is 0 Å². The summed E-state index contributed by atoms with van der Waals surface area (Å²) < 4.78 is 1.94. The van der Waals surface area contributed by atoms with E-state index in [9.17, 15) is 0 Å². The first-order valence-corrected chi connectivity index (χ1v) is 6.14. The Bertz CT molecular complexity index is 488. The lowest BCUT2D eigenvalue weighted by atomic mass is 10.0. The van der Waals surface area contributed by atoms with Crippen LogP contribution < -0.4 is 0 Å². The van der Waals surface area contributed by atoms with Gasteiger partial charge in [0.1, 0.15) is 5.82 Å². The molecule has 4 heteroatoms. The third kappa shape index (κ3) is 1.86. The first-order chi connectivity index (χ1) is 7.03. The Kier molecular flexibility index (Phi) is 2.46. The molecule has 0 bridgehead atoms. The Hall–Kier alpha value is -1.03. The van der Waals surface area contributed by atoms with Gasteiger partial charge in [-0.2, -0.15) is 16.9 Å². The van der Waals surface area contributed by atoms with E-state index in [-0.39, 0.29) is 4.75 Å². The molecule has 3 nitrogen and oxygen atoms in total. The van der Waals surface area contributed by atoms with Crippen molar-refractivity contribution < 1.29 is 0 Å². The number of fused-ring (bicyclic) bond motifs is 1. The molecule has 0 saturated carbocycles. The van der Waals surface area contributed by atoms with Crippen LogP contribution in [0.1, 0.15) is 25.2 Å². The van der Waals surface area contributed by atoms with Crippen LogP contribution in [0.3, 0.4) is 0 Å². The minimum Gasteiger partial charge on any atom is -0.221 e. The molecule has 0 aliphatic heterocycles. The lowest BCUT2D eigenvalue weighted by molar-refractivity contribution is 0.780. The molecule has 0 atom stereocenters. The number of rotatable bonds is 2. The molecule has 2 aromatic rings. The second-order valence-electron chi connectivity index (χ2n) is 4.09. The Morgan fingerprint density at radius 3 is 2.80 bits per heavy atom. The van der Waals surface area contributed by atoms with Gasteiger partial charge in [0, 0.05) is 10.9 Å². The molecule has 0 fully saturated rings. The zero-order chi connectivity index (χ0) is 11.1. The zero-order valence-electron chi connectivity index (χ0n) is 9.48. The summed E-state index contributed by atoms with van der Waals surface area (Å²) in [5.41, 5.74) is 2.21. The molecule has 0 saturated heterocycles. The molecule has 0 N–H and O–H groups in total. The second kappa shape index (κ2) is 3.52. The fraction of sp³-hybridized carbons (Fsp3) is 0.455. The van der Waals surface area contributed by atoms with Crippen LogP contribution in [0.25, 0.3) is 5.65 Å². The van der Waals surface area contributed by atoms with Crippen LogP contribution in [0.5, 0.6) is 0 Å². The van der Waals surface area contributed by atoms with E-state index < -0.39 is 0 Å². The van der Waals surface area contributed by atoms with Crippen molar-refractivity contribution in [3.05, 3.63) is 29.7 Å². The summed E-state index contributed by atoms with van der Waals surface area (Å²) in [4.78, 5) is 4.36. The fourth-order valence-electron chi connectivity index (χ4n) is 1.49. The van der Waals surface area contributed by atoms with Gasteiger partial charge in [-0.25, -0.2) is 9.50 Å². The van der Waals surface area contributed by atoms with Crippen molar-refractivity contribution in [1.82, 2.24) is 14.6 Å². The van der Waals surface area contributed by atoms with Crippen LogP contribution in [-0.2, 0) is 4.75 Å². The monoisotopic (exact) mass is 221 g/mol. The Morgan fingerprint density at radius 1 is 1.40 bits per heavy atom. The molecule has 0 radical (unpaired) electrons. The largest absolute Gasteiger partial charge is 0.221 e. The Balaban J connectivity index is 2.55. The molecule has 0 spiro atoms. The zero-order valence-corrected chi connectivity index (χ0v) is 10.3. The highest BCUT2D eigenvalue weighted by Crippen LogP contribution is 2.33. The molecule has 0 amide bonds. The van der Waals surface area contributed by atoms with Gasteiger partial charge < -0.3 is 0 Å². The van der Waals surface area contributed by atoms with Crippen LogP contribution in [0.4, 0.5) is 0 Å². The summed E-state index contributed by atoms with van der Waals surface area (Å²) in [7, 11) is 0. The second-order valence-corrected chi connectivity index (χ2v) is 5.52. The highest BCUT2D eigenvalue weighted by atomic mass is 32.2. The lowest BCUT2D eigenvalue weighted by Gasteiger charge is -2.22. The predicted octanol–water partition coefficient (Wildman–Crippen LogP) is 2.64. The average molecular weight is 221 g/mol. The summed E-state index contributed by atoms with van der Waals surface area (Å²) >= 11 is 1.84. The third-order valence-corrected chi connectivity index (χ3v) is 3.91. The number of thioether (sulfide) groups is 1. The van der Waals surface area contributed by atoms with Crippen LogP contribution in [-0.4, -0.2) is 20.9 Å². The molecule has 0 aromatic carbocycles. The van der Waals surface area contributed by atoms with E-state index in [1.165, 1.54) is 5.56 Å². The Morgan fingerprint density at radius 2 is 2.13 bits per heavy atom. The fourth-order valence-corrected chi connectivity index (χ4v) is 1.85. The van der Waals surface area contributed by atoms with Crippen LogP contribution >= 0.6 is 11.8 Å². The van der Waals surface area contributed by atoms with Crippen LogP contribution in [0, 0.1) is 6.92 Å². The minimum absolute atomic E-state index is 0.127. The highest BCUT2D eigenvalue weighted by Gasteiger charge is 2.19. The molecular formula is C11H15N3S. The summed E-state index contributed by atoms with van der Waals surface area (Å²) in [6.45, 7) is 6.34. The maximum Gasteiger partial charge on any atom is 0.155 e. The van der Waals surface area contributed by atoms with Gasteiger partial charge in [-0.05, 0) is 44.7 Å². The summed E-state index contributed by atoms with van der Waals surface area (Å²) in [6.07, 6.45) is 4.10. The van der Waals surface area contributed by atoms with Crippen LogP contribution in [0.15, 0.2) is 18.3 Å². The normalized spacial score (nSPS) is 12.3. The number of aryl methyl sites for hydroxylation is 1. The van der Waals surface area contributed by atoms with E-state index in [0.717, 1.165) is 11.5 Å².